The van der Waals surface area contributed by atoms with Crippen LogP contribution in [0.25, 0.3) is 5.70 Å². The number of nitrogens with zero attached hydrogens (tertiary/aromatic N) is 1. The summed E-state index contributed by atoms with van der Waals surface area (Å²) >= 11 is 3.64. The lowest BCUT2D eigenvalue weighted by atomic mass is 10.0. The van der Waals surface area contributed by atoms with Gasteiger partial charge in [0.1, 0.15) is 0 Å². The van der Waals surface area contributed by atoms with Gasteiger partial charge in [-0.25, -0.2) is 10.5 Å². The van der Waals surface area contributed by atoms with Crippen LogP contribution in [-0.2, 0) is 0 Å². The Morgan fingerprint density at radius 1 is 0.760 bits per heavy atom. The van der Waals surface area contributed by atoms with Crippen LogP contribution in [-0.4, -0.2) is 0 Å². The van der Waals surface area contributed by atoms with Crippen molar-refractivity contribution < 1.29 is 0 Å². The van der Waals surface area contributed by atoms with Gasteiger partial charge in [0, 0.05) is 4.47 Å². The van der Waals surface area contributed by atoms with Crippen LogP contribution in [0.5, 0.6) is 0 Å². The molecule has 0 saturated carbocycles. The van der Waals surface area contributed by atoms with Crippen molar-refractivity contribution in [2.75, 3.05) is 5.12 Å². The minimum absolute atomic E-state index is 0.0739. The number of halogens is 1. The van der Waals surface area contributed by atoms with Crippen molar-refractivity contribution in [3.8, 4) is 0 Å². The molecule has 1 heterocycles. The van der Waals surface area contributed by atoms with Crippen molar-refractivity contribution >= 4 is 27.3 Å². The van der Waals surface area contributed by atoms with E-state index in [-0.39, 0.29) is 6.04 Å². The molecule has 0 bridgehead atoms. The summed E-state index contributed by atoms with van der Waals surface area (Å²) in [6, 6.07) is 29.1. The van der Waals surface area contributed by atoms with Gasteiger partial charge in [0.2, 0.25) is 0 Å². The van der Waals surface area contributed by atoms with Crippen LogP contribution >= 0.6 is 15.9 Å². The Labute approximate surface area is 156 Å². The molecule has 2 N–H and O–H groups in total. The second kappa shape index (κ2) is 7.13. The van der Waals surface area contributed by atoms with Crippen LogP contribution < -0.4 is 16.0 Å². The molecule has 0 amide bonds. The van der Waals surface area contributed by atoms with Crippen molar-refractivity contribution in [3.05, 3.63) is 107 Å². The molecule has 0 spiro atoms. The predicted molar refractivity (Wildman–Crippen MR) is 106 cm³/mol. The van der Waals surface area contributed by atoms with Crippen molar-refractivity contribution in [2.45, 2.75) is 6.04 Å². The molecular weight excluding hydrogens is 374 g/mol. The van der Waals surface area contributed by atoms with Crippen molar-refractivity contribution in [3.63, 3.8) is 0 Å². The average Bonchev–Trinajstić information content (AvgIpc) is 2.69. The van der Waals surface area contributed by atoms with E-state index >= 15 is 0 Å². The third kappa shape index (κ3) is 3.45. The smallest absolute Gasteiger partial charge is 0.0898 e. The van der Waals surface area contributed by atoms with Crippen LogP contribution in [0.2, 0.25) is 0 Å². The first-order chi connectivity index (χ1) is 12.3. The van der Waals surface area contributed by atoms with Crippen molar-refractivity contribution in [1.82, 2.24) is 10.9 Å². The van der Waals surface area contributed by atoms with Crippen LogP contribution in [0, 0.1) is 0 Å². The number of hydrogen-bond donors (Lipinski definition) is 2. The maximum absolute atomic E-state index is 3.64. The van der Waals surface area contributed by atoms with Crippen molar-refractivity contribution in [1.29, 1.82) is 0 Å². The molecule has 1 atom stereocenters. The van der Waals surface area contributed by atoms with E-state index in [2.05, 4.69) is 87.5 Å². The molecular formula is C21H18BrN3. The fourth-order valence-corrected chi connectivity index (χ4v) is 3.37. The van der Waals surface area contributed by atoms with Gasteiger partial charge in [-0.15, -0.1) is 0 Å². The first kappa shape index (κ1) is 15.9. The number of para-hydroxylation sites is 1. The summed E-state index contributed by atoms with van der Waals surface area (Å²) in [5, 5.41) is 1.98. The highest BCUT2D eigenvalue weighted by Gasteiger charge is 2.22. The zero-order chi connectivity index (χ0) is 17.1. The van der Waals surface area contributed by atoms with Gasteiger partial charge in [0.15, 0.2) is 0 Å². The summed E-state index contributed by atoms with van der Waals surface area (Å²) in [5.74, 6) is 0. The minimum Gasteiger partial charge on any atom is -0.284 e. The molecule has 1 unspecified atom stereocenters. The first-order valence-electron chi connectivity index (χ1n) is 8.21. The highest BCUT2D eigenvalue weighted by atomic mass is 79.9. The number of benzene rings is 3. The standard InChI is InChI=1S/C21H18BrN3/c22-18-13-7-8-14-21(18)25-23-19(16-9-3-1-4-10-16)15-20(24-25)17-11-5-2-6-12-17/h1-15,19,23-24H. The van der Waals surface area contributed by atoms with Crippen LogP contribution in [0.15, 0.2) is 95.5 Å². The molecule has 0 fully saturated rings. The van der Waals surface area contributed by atoms with E-state index < -0.39 is 0 Å². The van der Waals surface area contributed by atoms with Gasteiger partial charge in [-0.05, 0) is 45.3 Å². The largest absolute Gasteiger partial charge is 0.284 e. The molecule has 4 heteroatoms. The summed E-state index contributed by atoms with van der Waals surface area (Å²) < 4.78 is 1.02. The summed E-state index contributed by atoms with van der Waals surface area (Å²) in [5.41, 5.74) is 11.5. The number of hydrogen-bond acceptors (Lipinski definition) is 3. The van der Waals surface area contributed by atoms with Gasteiger partial charge < -0.3 is 0 Å². The maximum atomic E-state index is 3.64. The third-order valence-corrected chi connectivity index (χ3v) is 4.84. The number of anilines is 1. The summed E-state index contributed by atoms with van der Waals surface area (Å²) in [6.45, 7) is 0. The van der Waals surface area contributed by atoms with Crippen LogP contribution in [0.1, 0.15) is 17.2 Å². The van der Waals surface area contributed by atoms with Crippen molar-refractivity contribution in [2.24, 2.45) is 0 Å². The predicted octanol–water partition coefficient (Wildman–Crippen LogP) is 5.06. The fourth-order valence-electron chi connectivity index (χ4n) is 2.91. The SMILES string of the molecule is Brc1ccccc1N1NC(c2ccccc2)=CC(c2ccccc2)N1. The number of hydrazine groups is 2. The third-order valence-electron chi connectivity index (χ3n) is 4.17. The zero-order valence-electron chi connectivity index (χ0n) is 13.6. The van der Waals surface area contributed by atoms with Gasteiger partial charge in [0.05, 0.1) is 17.4 Å². The molecule has 0 radical (unpaired) electrons. The Morgan fingerprint density at radius 3 is 2.12 bits per heavy atom. The Kier molecular flexibility index (Phi) is 4.55. The van der Waals surface area contributed by atoms with E-state index in [1.165, 1.54) is 5.56 Å². The average molecular weight is 392 g/mol. The van der Waals surface area contributed by atoms with E-state index in [4.69, 9.17) is 0 Å². The molecule has 25 heavy (non-hydrogen) atoms. The molecule has 0 saturated heterocycles. The normalized spacial score (nSPS) is 16.9. The molecule has 3 aromatic carbocycles. The molecule has 1 aliphatic rings. The molecule has 4 rings (SSSR count). The Morgan fingerprint density at radius 2 is 1.40 bits per heavy atom. The maximum Gasteiger partial charge on any atom is 0.0898 e. The molecule has 0 aliphatic carbocycles. The zero-order valence-corrected chi connectivity index (χ0v) is 15.1. The van der Waals surface area contributed by atoms with Gasteiger partial charge >= 0.3 is 0 Å². The monoisotopic (exact) mass is 391 g/mol. The summed E-state index contributed by atoms with van der Waals surface area (Å²) in [4.78, 5) is 0. The first-order valence-corrected chi connectivity index (χ1v) is 9.00. The second-order valence-electron chi connectivity index (χ2n) is 5.86. The summed E-state index contributed by atoms with van der Waals surface area (Å²) in [7, 11) is 0. The molecule has 124 valence electrons. The Balaban J connectivity index is 1.75. The second-order valence-corrected chi connectivity index (χ2v) is 6.72. The Bertz CT molecular complexity index is 878. The number of rotatable bonds is 3. The van der Waals surface area contributed by atoms with Crippen LogP contribution in [0.3, 0.4) is 0 Å². The lowest BCUT2D eigenvalue weighted by Crippen LogP contribution is -2.52. The lowest BCUT2D eigenvalue weighted by molar-refractivity contribution is 0.519. The van der Waals surface area contributed by atoms with Gasteiger partial charge in [-0.3, -0.25) is 5.43 Å². The van der Waals surface area contributed by atoms with E-state index in [9.17, 15) is 0 Å². The fraction of sp³-hybridized carbons (Fsp3) is 0.0476. The molecule has 1 aliphatic heterocycles. The topological polar surface area (TPSA) is 27.3 Å². The minimum atomic E-state index is 0.0739. The molecule has 0 aromatic heterocycles. The van der Waals surface area contributed by atoms with E-state index in [0.29, 0.717) is 0 Å². The highest BCUT2D eigenvalue weighted by Crippen LogP contribution is 2.30. The molecule has 3 aromatic rings. The quantitative estimate of drug-likeness (QED) is 0.653. The van der Waals surface area contributed by atoms with Gasteiger partial charge in [0.25, 0.3) is 0 Å². The van der Waals surface area contributed by atoms with Gasteiger partial charge in [-0.2, -0.15) is 0 Å². The highest BCUT2D eigenvalue weighted by molar-refractivity contribution is 9.10. The van der Waals surface area contributed by atoms with E-state index in [1.807, 2.05) is 35.4 Å². The van der Waals surface area contributed by atoms with E-state index in [1.54, 1.807) is 0 Å². The van der Waals surface area contributed by atoms with Crippen LogP contribution in [0.4, 0.5) is 5.69 Å². The number of nitrogens with one attached hydrogen (secondary N) is 2. The van der Waals surface area contributed by atoms with Gasteiger partial charge in [-0.1, -0.05) is 72.8 Å². The lowest BCUT2D eigenvalue weighted by Gasteiger charge is -2.36. The molecule has 3 nitrogen and oxygen atoms in total. The Hall–Kier alpha value is -2.56. The van der Waals surface area contributed by atoms with E-state index in [0.717, 1.165) is 21.4 Å². The summed E-state index contributed by atoms with van der Waals surface area (Å²) in [6.07, 6.45) is 2.22.